The first-order chi connectivity index (χ1) is 35.5. The van der Waals surface area contributed by atoms with Gasteiger partial charge in [0.05, 0.1) is 44.2 Å². The van der Waals surface area contributed by atoms with Crippen LogP contribution in [-0.4, -0.2) is 128 Å². The Balaban J connectivity index is 1.13. The maximum atomic E-state index is 14.3. The van der Waals surface area contributed by atoms with E-state index in [0.717, 1.165) is 27.2 Å². The van der Waals surface area contributed by atoms with Gasteiger partial charge in [-0.2, -0.15) is 0 Å². The van der Waals surface area contributed by atoms with E-state index in [9.17, 15) is 29.1 Å². The molecule has 384 valence electrons. The predicted molar refractivity (Wildman–Crippen MR) is 258 cm³/mol. The van der Waals surface area contributed by atoms with Crippen LogP contribution in [0.5, 0.6) is 0 Å². The number of fused-ring (bicyclic) bond motifs is 1. The average Bonchev–Trinajstić information content (AvgIpc) is 3.65. The first-order valence-corrected chi connectivity index (χ1v) is 23.9. The quantitative estimate of drug-likeness (QED) is 0.0370. The Morgan fingerprint density at radius 1 is 0.548 bits per heavy atom. The van der Waals surface area contributed by atoms with E-state index in [0.29, 0.717) is 0 Å². The van der Waals surface area contributed by atoms with Crippen molar-refractivity contribution in [1.29, 1.82) is 0 Å². The number of carbonyl (C=O) groups is 5. The molecule has 0 spiro atoms. The smallest absolute Gasteiger partial charge is 0.407 e. The van der Waals surface area contributed by atoms with Gasteiger partial charge < -0.3 is 57.8 Å². The molecule has 73 heavy (non-hydrogen) atoms. The molecule has 0 aliphatic carbocycles. The summed E-state index contributed by atoms with van der Waals surface area (Å²) in [6.45, 7) is 1.59. The van der Waals surface area contributed by atoms with Crippen LogP contribution in [0.1, 0.15) is 56.8 Å². The van der Waals surface area contributed by atoms with Crippen LogP contribution in [0.25, 0.3) is 0 Å². The second-order valence-electron chi connectivity index (χ2n) is 17.5. The summed E-state index contributed by atoms with van der Waals surface area (Å²) in [6.07, 6.45) is -13.2. The van der Waals surface area contributed by atoms with Crippen LogP contribution in [0.15, 0.2) is 146 Å². The largest absolute Gasteiger partial charge is 0.463 e. The van der Waals surface area contributed by atoms with Crippen molar-refractivity contribution in [3.8, 4) is 0 Å². The lowest BCUT2D eigenvalue weighted by atomic mass is 9.94. The molecule has 3 aliphatic rings. The highest BCUT2D eigenvalue weighted by atomic mass is 16.8. The van der Waals surface area contributed by atoms with Crippen molar-refractivity contribution in [3.63, 3.8) is 0 Å². The van der Waals surface area contributed by atoms with Gasteiger partial charge in [-0.15, -0.1) is 0 Å². The minimum atomic E-state index is -1.80. The summed E-state index contributed by atoms with van der Waals surface area (Å²) in [5.41, 5.74) is 3.33. The molecule has 2 N–H and O–H groups in total. The van der Waals surface area contributed by atoms with Gasteiger partial charge in [-0.25, -0.2) is 4.79 Å². The van der Waals surface area contributed by atoms with E-state index in [1.807, 2.05) is 121 Å². The fourth-order valence-corrected chi connectivity index (χ4v) is 8.78. The summed E-state index contributed by atoms with van der Waals surface area (Å²) >= 11 is 0. The summed E-state index contributed by atoms with van der Waals surface area (Å²) < 4.78 is 62.7. The summed E-state index contributed by atoms with van der Waals surface area (Å²) in [5, 5.41) is 15.5. The van der Waals surface area contributed by atoms with Gasteiger partial charge in [0.25, 0.3) is 11.8 Å². The molecule has 18 nitrogen and oxygen atoms in total. The molecule has 5 aromatic carbocycles. The Kier molecular flexibility index (Phi) is 18.5. The van der Waals surface area contributed by atoms with Crippen molar-refractivity contribution < 1.29 is 76.4 Å². The first kappa shape index (κ1) is 52.5. The third-order valence-electron chi connectivity index (χ3n) is 12.2. The second-order valence-corrected chi connectivity index (χ2v) is 17.5. The number of nitrogens with zero attached hydrogens (tertiary/aromatic N) is 1. The Labute approximate surface area is 422 Å². The van der Waals surface area contributed by atoms with Crippen LogP contribution in [-0.2, 0) is 83.4 Å². The minimum absolute atomic E-state index is 0.00697. The molecule has 0 saturated carbocycles. The zero-order valence-electron chi connectivity index (χ0n) is 40.3. The van der Waals surface area contributed by atoms with E-state index < -0.39 is 97.8 Å². The van der Waals surface area contributed by atoms with Crippen LogP contribution in [0.4, 0.5) is 4.79 Å². The summed E-state index contributed by atoms with van der Waals surface area (Å²) in [7, 11) is 0. The van der Waals surface area contributed by atoms with Gasteiger partial charge in [0, 0.05) is 20.4 Å². The van der Waals surface area contributed by atoms with Crippen molar-refractivity contribution in [2.75, 3.05) is 26.4 Å². The standard InChI is InChI=1S/C55H58N2O16/c1-35(58)66-34-44-48(70-36(2)59)49(67-30-38-19-9-4-10-20-38)50(68-31-39-21-11-5-12-22-39)54(72-44)73-47-43(33-64-29-37-17-7-3-8-18-37)71-53(65-28-27-56-55(63)69-32-40-23-13-6-14-24-40)45(46(47)60)57-51(61)41-25-15-16-26-42(41)52(57)62/h3-26,43-50,53-54,60H,27-34H2,1-2H3,(H,56,63)/t43-,44-,45-,46-,47-,48-,49+,50-,53-,54-/m1/s1. The highest BCUT2D eigenvalue weighted by molar-refractivity contribution is 6.21. The number of esters is 2. The van der Waals surface area contributed by atoms with Crippen LogP contribution in [0.3, 0.4) is 0 Å². The zero-order chi connectivity index (χ0) is 51.1. The Bertz CT molecular complexity index is 2560. The first-order valence-electron chi connectivity index (χ1n) is 23.9. The second kappa shape index (κ2) is 25.7. The molecule has 0 unspecified atom stereocenters. The van der Waals surface area contributed by atoms with E-state index >= 15 is 0 Å². The molecule has 5 aromatic rings. The lowest BCUT2D eigenvalue weighted by Crippen LogP contribution is -2.69. The maximum Gasteiger partial charge on any atom is 0.407 e. The predicted octanol–water partition coefficient (Wildman–Crippen LogP) is 5.67. The van der Waals surface area contributed by atoms with E-state index in [-0.39, 0.29) is 57.3 Å². The summed E-state index contributed by atoms with van der Waals surface area (Å²) in [6, 6.07) is 41.6. The number of hydrogen-bond acceptors (Lipinski definition) is 16. The highest BCUT2D eigenvalue weighted by Gasteiger charge is 2.57. The van der Waals surface area contributed by atoms with Crippen LogP contribution in [0.2, 0.25) is 0 Å². The van der Waals surface area contributed by atoms with E-state index in [1.165, 1.54) is 26.0 Å². The number of nitrogens with one attached hydrogen (secondary N) is 1. The molecule has 0 bridgehead atoms. The lowest BCUT2D eigenvalue weighted by Gasteiger charge is -2.50. The maximum absolute atomic E-state index is 14.3. The summed E-state index contributed by atoms with van der Waals surface area (Å²) in [5.74, 6) is -2.77. The molecular weight excluding hydrogens is 945 g/mol. The number of rotatable bonds is 22. The van der Waals surface area contributed by atoms with Gasteiger partial charge in [0.15, 0.2) is 18.7 Å². The fourth-order valence-electron chi connectivity index (χ4n) is 8.78. The van der Waals surface area contributed by atoms with Gasteiger partial charge in [-0.1, -0.05) is 133 Å². The normalized spacial score (nSPS) is 24.6. The topological polar surface area (TPSA) is 213 Å². The minimum Gasteiger partial charge on any atom is -0.463 e. The third kappa shape index (κ3) is 13.8. The van der Waals surface area contributed by atoms with Gasteiger partial charge in [0.1, 0.15) is 55.9 Å². The molecule has 3 aliphatic heterocycles. The van der Waals surface area contributed by atoms with Crippen LogP contribution in [0, 0.1) is 0 Å². The Morgan fingerprint density at radius 2 is 1.04 bits per heavy atom. The fraction of sp³-hybridized carbons (Fsp3) is 0.364. The molecule has 2 saturated heterocycles. The summed E-state index contributed by atoms with van der Waals surface area (Å²) in [4.78, 5) is 67.4. The number of alkyl carbamates (subject to hydrolysis) is 1. The zero-order valence-corrected chi connectivity index (χ0v) is 40.3. The highest BCUT2D eigenvalue weighted by Crippen LogP contribution is 2.38. The van der Waals surface area contributed by atoms with Gasteiger partial charge >= 0.3 is 18.0 Å². The number of benzene rings is 5. The number of ether oxygens (including phenoxy) is 10. The van der Waals surface area contributed by atoms with E-state index in [2.05, 4.69) is 5.32 Å². The monoisotopic (exact) mass is 1000 g/mol. The van der Waals surface area contributed by atoms with E-state index in [4.69, 9.17) is 47.4 Å². The van der Waals surface area contributed by atoms with Crippen molar-refractivity contribution in [2.24, 2.45) is 0 Å². The SMILES string of the molecule is CC(=O)OC[C@H]1O[C@H](O[C@H]2[C@H](O)[C@@H](N3C(=O)c4ccccc4C3=O)[C@H](OCCNC(=O)OCc3ccccc3)O[C@@H]2COCc2ccccc2)[C@H](OCc2ccccc2)[C@@H](OCc2ccccc2)[C@@H]1OC(C)=O. The lowest BCUT2D eigenvalue weighted by molar-refractivity contribution is -0.361. The Hall–Kier alpha value is -6.87. The molecule has 2 fully saturated rings. The van der Waals surface area contributed by atoms with Crippen molar-refractivity contribution in [2.45, 2.75) is 102 Å². The molecule has 18 heteroatoms. The number of amides is 3. The van der Waals surface area contributed by atoms with Gasteiger partial charge in [0.2, 0.25) is 0 Å². The molecule has 0 aromatic heterocycles. The molecule has 10 atom stereocenters. The average molecular weight is 1000 g/mol. The number of imide groups is 1. The van der Waals surface area contributed by atoms with Crippen molar-refractivity contribution in [3.05, 3.63) is 179 Å². The van der Waals surface area contributed by atoms with Gasteiger partial charge in [-0.05, 0) is 34.4 Å². The van der Waals surface area contributed by atoms with Crippen LogP contribution < -0.4 is 5.32 Å². The van der Waals surface area contributed by atoms with Crippen molar-refractivity contribution >= 4 is 29.8 Å². The van der Waals surface area contributed by atoms with E-state index in [1.54, 1.807) is 12.1 Å². The molecule has 3 heterocycles. The number of aliphatic hydroxyl groups excluding tert-OH is 1. The van der Waals surface area contributed by atoms with Gasteiger partial charge in [-0.3, -0.25) is 24.1 Å². The molecule has 3 amide bonds. The number of carbonyl (C=O) groups excluding carboxylic acids is 5. The number of hydrogen-bond donors (Lipinski definition) is 2. The Morgan fingerprint density at radius 3 is 1.59 bits per heavy atom. The third-order valence-corrected chi connectivity index (χ3v) is 12.2. The van der Waals surface area contributed by atoms with Crippen molar-refractivity contribution in [1.82, 2.24) is 10.2 Å². The molecule has 0 radical (unpaired) electrons. The van der Waals surface area contributed by atoms with Crippen LogP contribution >= 0.6 is 0 Å². The number of aliphatic hydroxyl groups is 1. The molecular formula is C55H58N2O16. The molecule has 8 rings (SSSR count).